The van der Waals surface area contributed by atoms with E-state index in [1.165, 1.54) is 25.9 Å². The molecule has 0 aliphatic carbocycles. The van der Waals surface area contributed by atoms with Gasteiger partial charge in [0.05, 0.1) is 6.61 Å². The monoisotopic (exact) mass is 415 g/mol. The van der Waals surface area contributed by atoms with Crippen molar-refractivity contribution < 1.29 is 23.5 Å². The van der Waals surface area contributed by atoms with Crippen molar-refractivity contribution in [2.75, 3.05) is 39.6 Å². The van der Waals surface area contributed by atoms with Gasteiger partial charge in [-0.25, -0.2) is 0 Å². The molecular formula is C22H29N3O5. The second kappa shape index (κ2) is 9.95. The molecule has 1 atom stereocenters. The smallest absolute Gasteiger partial charge is 0.246 e. The van der Waals surface area contributed by atoms with Gasteiger partial charge in [-0.2, -0.15) is 0 Å². The summed E-state index contributed by atoms with van der Waals surface area (Å²) in [6.45, 7) is 6.81. The number of hydrogen-bond acceptors (Lipinski definition) is 7. The van der Waals surface area contributed by atoms with Gasteiger partial charge in [0.25, 0.3) is 0 Å². The van der Waals surface area contributed by atoms with Gasteiger partial charge in [0.2, 0.25) is 12.7 Å². The molecule has 4 rings (SSSR count). The molecule has 1 N–H and O–H groups in total. The third-order valence-corrected chi connectivity index (χ3v) is 5.41. The van der Waals surface area contributed by atoms with E-state index in [2.05, 4.69) is 22.3 Å². The minimum Gasteiger partial charge on any atom is -0.454 e. The van der Waals surface area contributed by atoms with Crippen molar-refractivity contribution in [3.05, 3.63) is 30.0 Å². The molecule has 162 valence electrons. The number of aromatic nitrogens is 1. The number of carbonyl (C=O) groups excluding carboxylic acids is 1. The quantitative estimate of drug-likeness (QED) is 0.630. The molecule has 1 aromatic carbocycles. The first kappa shape index (κ1) is 20.7. The van der Waals surface area contributed by atoms with Crippen LogP contribution in [0, 0.1) is 5.92 Å². The first-order chi connectivity index (χ1) is 14.7. The molecule has 1 aromatic heterocycles. The molecule has 8 heteroatoms. The van der Waals surface area contributed by atoms with Crippen LogP contribution in [0.3, 0.4) is 0 Å². The molecule has 2 aliphatic rings. The molecule has 30 heavy (non-hydrogen) atoms. The molecule has 0 radical (unpaired) electrons. The van der Waals surface area contributed by atoms with Crippen LogP contribution in [0.2, 0.25) is 0 Å². The van der Waals surface area contributed by atoms with E-state index in [1.54, 1.807) is 6.07 Å². The number of likely N-dealkylation sites (tertiary alicyclic amines) is 1. The lowest BCUT2D eigenvalue weighted by Crippen LogP contribution is -2.37. The van der Waals surface area contributed by atoms with E-state index in [9.17, 15) is 4.79 Å². The molecule has 8 nitrogen and oxygen atoms in total. The highest BCUT2D eigenvalue weighted by molar-refractivity contribution is 5.77. The van der Waals surface area contributed by atoms with E-state index in [0.29, 0.717) is 23.7 Å². The third-order valence-electron chi connectivity index (χ3n) is 5.41. The van der Waals surface area contributed by atoms with Gasteiger partial charge in [-0.15, -0.1) is 0 Å². The Morgan fingerprint density at radius 2 is 2.20 bits per heavy atom. The molecule has 2 aliphatic heterocycles. The van der Waals surface area contributed by atoms with E-state index >= 15 is 0 Å². The summed E-state index contributed by atoms with van der Waals surface area (Å²) in [6.07, 6.45) is 3.56. The van der Waals surface area contributed by atoms with Crippen molar-refractivity contribution in [2.24, 2.45) is 5.92 Å². The highest BCUT2D eigenvalue weighted by Gasteiger charge is 2.17. The molecule has 2 aromatic rings. The summed E-state index contributed by atoms with van der Waals surface area (Å²) in [5.41, 5.74) is 1.48. The zero-order chi connectivity index (χ0) is 20.8. The maximum absolute atomic E-state index is 12.0. The van der Waals surface area contributed by atoms with Gasteiger partial charge in [0.15, 0.2) is 17.3 Å². The third kappa shape index (κ3) is 5.52. The number of benzene rings is 1. The number of carbonyl (C=O) groups is 1. The normalized spacial score (nSPS) is 18.5. The Morgan fingerprint density at radius 3 is 3.10 bits per heavy atom. The Bertz CT molecular complexity index is 853. The van der Waals surface area contributed by atoms with E-state index in [4.69, 9.17) is 18.7 Å². The Kier molecular flexibility index (Phi) is 6.86. The maximum Gasteiger partial charge on any atom is 0.246 e. The summed E-state index contributed by atoms with van der Waals surface area (Å²) in [6, 6.07) is 7.38. The summed E-state index contributed by atoms with van der Waals surface area (Å²) < 4.78 is 21.6. The number of hydrogen-bond donors (Lipinski definition) is 1. The SMILES string of the molecule is C[C@@H]1CCCN(CCCNC(=O)COCc2cc(-c3ccc4c(c3)OCO4)on2)C1. The Labute approximate surface area is 176 Å². The topological polar surface area (TPSA) is 86.1 Å². The molecule has 1 fully saturated rings. The Morgan fingerprint density at radius 1 is 1.30 bits per heavy atom. The Hall–Kier alpha value is -2.58. The average Bonchev–Trinajstić information content (AvgIpc) is 3.40. The number of fused-ring (bicyclic) bond motifs is 1. The Balaban J connectivity index is 1.13. The van der Waals surface area contributed by atoms with Gasteiger partial charge in [-0.1, -0.05) is 12.1 Å². The van der Waals surface area contributed by atoms with Crippen molar-refractivity contribution >= 4 is 5.91 Å². The molecule has 1 amide bonds. The highest BCUT2D eigenvalue weighted by Crippen LogP contribution is 2.36. The number of nitrogens with zero attached hydrogens (tertiary/aromatic N) is 2. The number of nitrogens with one attached hydrogen (secondary N) is 1. The molecule has 0 unspecified atom stereocenters. The predicted octanol–water partition coefficient (Wildman–Crippen LogP) is 2.83. The number of amides is 1. The molecule has 3 heterocycles. The van der Waals surface area contributed by atoms with Gasteiger partial charge in [-0.3, -0.25) is 4.79 Å². The summed E-state index contributed by atoms with van der Waals surface area (Å²) in [5, 5.41) is 6.92. The summed E-state index contributed by atoms with van der Waals surface area (Å²) in [7, 11) is 0. The van der Waals surface area contributed by atoms with Crippen LogP contribution in [-0.2, 0) is 16.1 Å². The van der Waals surface area contributed by atoms with Crippen LogP contribution in [0.1, 0.15) is 31.9 Å². The predicted molar refractivity (Wildman–Crippen MR) is 110 cm³/mol. The maximum atomic E-state index is 12.0. The summed E-state index contributed by atoms with van der Waals surface area (Å²) in [5.74, 6) is 2.69. The fraction of sp³-hybridized carbons (Fsp3) is 0.545. The van der Waals surface area contributed by atoms with Crippen LogP contribution < -0.4 is 14.8 Å². The first-order valence-corrected chi connectivity index (χ1v) is 10.6. The number of rotatable bonds is 9. The van der Waals surface area contributed by atoms with Crippen LogP contribution in [0.4, 0.5) is 0 Å². The first-order valence-electron chi connectivity index (χ1n) is 10.6. The van der Waals surface area contributed by atoms with Gasteiger partial charge in [0.1, 0.15) is 12.3 Å². The standard InChI is InChI=1S/C22H29N3O5/c1-16-4-2-8-25(12-16)9-3-7-23-22(26)14-27-13-18-11-20(30-24-18)17-5-6-19-21(10-17)29-15-28-19/h5-6,10-11,16H,2-4,7-9,12-15H2,1H3,(H,23,26)/t16-/m1/s1. The van der Waals surface area contributed by atoms with Crippen LogP contribution in [-0.4, -0.2) is 55.5 Å². The second-order valence-corrected chi connectivity index (χ2v) is 7.99. The van der Waals surface area contributed by atoms with Gasteiger partial charge in [-0.05, 0) is 56.5 Å². The van der Waals surface area contributed by atoms with Crippen LogP contribution in [0.25, 0.3) is 11.3 Å². The van der Waals surface area contributed by atoms with Gasteiger partial charge < -0.3 is 29.0 Å². The molecule has 0 bridgehead atoms. The van der Waals surface area contributed by atoms with Crippen molar-refractivity contribution in [1.29, 1.82) is 0 Å². The van der Waals surface area contributed by atoms with Crippen molar-refractivity contribution in [3.8, 4) is 22.8 Å². The molecule has 0 spiro atoms. The van der Waals surface area contributed by atoms with E-state index in [0.717, 1.165) is 30.2 Å². The number of ether oxygens (including phenoxy) is 3. The van der Waals surface area contributed by atoms with E-state index in [-0.39, 0.29) is 25.9 Å². The average molecular weight is 415 g/mol. The fourth-order valence-corrected chi connectivity index (χ4v) is 3.89. The molecule has 1 saturated heterocycles. The van der Waals surface area contributed by atoms with E-state index in [1.807, 2.05) is 18.2 Å². The zero-order valence-corrected chi connectivity index (χ0v) is 17.4. The second-order valence-electron chi connectivity index (χ2n) is 7.99. The lowest BCUT2D eigenvalue weighted by Gasteiger charge is -2.30. The van der Waals surface area contributed by atoms with Crippen LogP contribution >= 0.6 is 0 Å². The number of piperidine rings is 1. The lowest BCUT2D eigenvalue weighted by atomic mass is 10.0. The minimum absolute atomic E-state index is 0.00691. The van der Waals surface area contributed by atoms with Gasteiger partial charge in [0, 0.05) is 24.7 Å². The highest BCUT2D eigenvalue weighted by atomic mass is 16.7. The molecular weight excluding hydrogens is 386 g/mol. The van der Waals surface area contributed by atoms with Crippen LogP contribution in [0.5, 0.6) is 11.5 Å². The fourth-order valence-electron chi connectivity index (χ4n) is 3.89. The summed E-state index contributed by atoms with van der Waals surface area (Å²) in [4.78, 5) is 14.4. The summed E-state index contributed by atoms with van der Waals surface area (Å²) >= 11 is 0. The van der Waals surface area contributed by atoms with Gasteiger partial charge >= 0.3 is 0 Å². The minimum atomic E-state index is -0.110. The van der Waals surface area contributed by atoms with Crippen molar-refractivity contribution in [1.82, 2.24) is 15.4 Å². The van der Waals surface area contributed by atoms with E-state index < -0.39 is 0 Å². The largest absolute Gasteiger partial charge is 0.454 e. The zero-order valence-electron chi connectivity index (χ0n) is 17.4. The van der Waals surface area contributed by atoms with Crippen molar-refractivity contribution in [2.45, 2.75) is 32.8 Å². The lowest BCUT2D eigenvalue weighted by molar-refractivity contribution is -0.126. The molecule has 0 saturated carbocycles. The van der Waals surface area contributed by atoms with Crippen LogP contribution in [0.15, 0.2) is 28.8 Å². The van der Waals surface area contributed by atoms with Crippen molar-refractivity contribution in [3.63, 3.8) is 0 Å².